The molecule has 0 aromatic heterocycles. The Hall–Kier alpha value is -0.840. The largest absolute Gasteiger partial charge is 0.477 e. The van der Waals surface area contributed by atoms with Gasteiger partial charge in [0, 0.05) is 0 Å². The highest BCUT2D eigenvalue weighted by atomic mass is 32.2. The smallest absolute Gasteiger partial charge is 0.351 e. The lowest BCUT2D eigenvalue weighted by molar-refractivity contribution is -0.129. The highest BCUT2D eigenvalue weighted by Crippen LogP contribution is 2.11. The number of rotatable bonds is 1. The van der Waals surface area contributed by atoms with Crippen LogP contribution in [0.4, 0.5) is 0 Å². The Morgan fingerprint density at radius 2 is 2.56 bits per heavy atom. The van der Waals surface area contributed by atoms with Crippen LogP contribution >= 0.6 is 11.8 Å². The van der Waals surface area contributed by atoms with Gasteiger partial charge in [-0.3, -0.25) is 5.41 Å². The van der Waals surface area contributed by atoms with Gasteiger partial charge in [-0.25, -0.2) is 9.79 Å². The molecule has 0 saturated heterocycles. The van der Waals surface area contributed by atoms with Gasteiger partial charge in [-0.1, -0.05) is 11.8 Å². The molecule has 5 heteroatoms. The van der Waals surface area contributed by atoms with E-state index >= 15 is 0 Å². The van der Waals surface area contributed by atoms with Crippen molar-refractivity contribution in [3.05, 3.63) is 0 Å². The first-order chi connectivity index (χ1) is 4.20. The second-order valence-electron chi connectivity index (χ2n) is 1.46. The van der Waals surface area contributed by atoms with Crippen molar-refractivity contribution in [2.45, 2.75) is 0 Å². The summed E-state index contributed by atoms with van der Waals surface area (Å²) in [5.74, 6) is -0.696. The second-order valence-corrected chi connectivity index (χ2v) is 2.42. The molecule has 1 aliphatic heterocycles. The Morgan fingerprint density at radius 3 is 2.78 bits per heavy atom. The lowest BCUT2D eigenvalue weighted by atomic mass is 10.4. The van der Waals surface area contributed by atoms with Gasteiger partial charge in [0.2, 0.25) is 0 Å². The number of amidine groups is 1. The summed E-state index contributed by atoms with van der Waals surface area (Å²) in [6, 6.07) is 0. The molecule has 0 saturated carbocycles. The second kappa shape index (κ2) is 2.18. The standard InChI is InChI=1S/C4H4N2O2S/c5-4-6-2(1-9-4)3(7)8/h5H,1H2,(H,7,8). The zero-order chi connectivity index (χ0) is 6.85. The molecule has 9 heavy (non-hydrogen) atoms. The predicted octanol–water partition coefficient (Wildman–Crippen LogP) is 0.194. The summed E-state index contributed by atoms with van der Waals surface area (Å²) in [6.45, 7) is 0. The Bertz CT molecular complexity index is 199. The zero-order valence-electron chi connectivity index (χ0n) is 4.42. The van der Waals surface area contributed by atoms with Gasteiger partial charge < -0.3 is 5.11 Å². The van der Waals surface area contributed by atoms with Gasteiger partial charge in [-0.15, -0.1) is 0 Å². The molecule has 1 rings (SSSR count). The molecule has 4 nitrogen and oxygen atoms in total. The van der Waals surface area contributed by atoms with E-state index in [1.54, 1.807) is 0 Å². The molecule has 0 unspecified atom stereocenters. The number of aliphatic imine (C=N–C) groups is 1. The van der Waals surface area contributed by atoms with Crippen LogP contribution in [0.5, 0.6) is 0 Å². The first-order valence-corrected chi connectivity index (χ1v) is 3.21. The Labute approximate surface area is 55.5 Å². The minimum atomic E-state index is -1.02. The van der Waals surface area contributed by atoms with Gasteiger partial charge in [0.05, 0.1) is 5.75 Å². The quantitative estimate of drug-likeness (QED) is 0.551. The van der Waals surface area contributed by atoms with E-state index in [4.69, 9.17) is 10.5 Å². The van der Waals surface area contributed by atoms with Crippen LogP contribution in [-0.4, -0.2) is 27.7 Å². The third-order valence-corrected chi connectivity index (χ3v) is 1.61. The van der Waals surface area contributed by atoms with E-state index in [0.717, 1.165) is 11.8 Å². The molecule has 0 amide bonds. The predicted molar refractivity (Wildman–Crippen MR) is 35.3 cm³/mol. The van der Waals surface area contributed by atoms with E-state index in [1.165, 1.54) is 0 Å². The number of thioether (sulfide) groups is 1. The summed E-state index contributed by atoms with van der Waals surface area (Å²) < 4.78 is 0. The van der Waals surface area contributed by atoms with Crippen LogP contribution in [0.2, 0.25) is 0 Å². The molecule has 0 aliphatic carbocycles. The Balaban J connectivity index is 2.74. The van der Waals surface area contributed by atoms with Gasteiger partial charge in [0.25, 0.3) is 0 Å². The Kier molecular flexibility index (Phi) is 1.52. The molecular formula is C4H4N2O2S. The molecule has 1 aliphatic rings. The topological polar surface area (TPSA) is 73.5 Å². The van der Waals surface area contributed by atoms with Gasteiger partial charge in [0.15, 0.2) is 5.17 Å². The van der Waals surface area contributed by atoms with E-state index in [1.807, 2.05) is 0 Å². The Morgan fingerprint density at radius 1 is 1.89 bits per heavy atom. The molecule has 0 radical (unpaired) electrons. The van der Waals surface area contributed by atoms with Gasteiger partial charge >= 0.3 is 5.97 Å². The average molecular weight is 144 g/mol. The van der Waals surface area contributed by atoms with E-state index in [2.05, 4.69) is 4.99 Å². The molecule has 48 valence electrons. The molecule has 0 aromatic carbocycles. The maximum Gasteiger partial charge on any atom is 0.351 e. The molecule has 0 spiro atoms. The summed E-state index contributed by atoms with van der Waals surface area (Å²) in [4.78, 5) is 13.6. The summed E-state index contributed by atoms with van der Waals surface area (Å²) in [5, 5.41) is 15.3. The third-order valence-electron chi connectivity index (χ3n) is 0.829. The minimum absolute atomic E-state index is 0.0741. The highest BCUT2D eigenvalue weighted by Gasteiger charge is 2.17. The van der Waals surface area contributed by atoms with Crippen molar-refractivity contribution < 1.29 is 9.90 Å². The minimum Gasteiger partial charge on any atom is -0.477 e. The van der Waals surface area contributed by atoms with E-state index in [-0.39, 0.29) is 10.9 Å². The van der Waals surface area contributed by atoms with Gasteiger partial charge in [0.1, 0.15) is 5.71 Å². The lowest BCUT2D eigenvalue weighted by Crippen LogP contribution is -2.11. The van der Waals surface area contributed by atoms with Crippen molar-refractivity contribution in [1.29, 1.82) is 5.41 Å². The van der Waals surface area contributed by atoms with Crippen LogP contribution in [-0.2, 0) is 4.79 Å². The van der Waals surface area contributed by atoms with E-state index < -0.39 is 5.97 Å². The summed E-state index contributed by atoms with van der Waals surface area (Å²) in [6.07, 6.45) is 0. The summed E-state index contributed by atoms with van der Waals surface area (Å²) in [5.41, 5.74) is 0.0741. The van der Waals surface area contributed by atoms with Crippen LogP contribution in [0.1, 0.15) is 0 Å². The number of carboxylic acid groups (broad SMARTS) is 1. The molecular weight excluding hydrogens is 140 g/mol. The van der Waals surface area contributed by atoms with Gasteiger partial charge in [-0.05, 0) is 0 Å². The maximum atomic E-state index is 10.1. The highest BCUT2D eigenvalue weighted by molar-refractivity contribution is 8.14. The van der Waals surface area contributed by atoms with Crippen LogP contribution in [0, 0.1) is 5.41 Å². The van der Waals surface area contributed by atoms with Crippen molar-refractivity contribution >= 4 is 28.6 Å². The SMILES string of the molecule is N=C1N=C(C(=O)O)CS1. The van der Waals surface area contributed by atoms with Crippen LogP contribution < -0.4 is 0 Å². The van der Waals surface area contributed by atoms with E-state index in [0.29, 0.717) is 5.75 Å². The van der Waals surface area contributed by atoms with Crippen molar-refractivity contribution in [3.8, 4) is 0 Å². The average Bonchev–Trinajstić information content (AvgIpc) is 2.14. The van der Waals surface area contributed by atoms with Crippen molar-refractivity contribution in [3.63, 3.8) is 0 Å². The molecule has 0 aromatic rings. The fourth-order valence-electron chi connectivity index (χ4n) is 0.433. The normalized spacial score (nSPS) is 17.8. The summed E-state index contributed by atoms with van der Waals surface area (Å²) in [7, 11) is 0. The van der Waals surface area contributed by atoms with Crippen molar-refractivity contribution in [1.82, 2.24) is 0 Å². The molecule has 2 N–H and O–H groups in total. The number of hydrogen-bond acceptors (Lipinski definition) is 3. The lowest BCUT2D eigenvalue weighted by Gasteiger charge is -1.83. The summed E-state index contributed by atoms with van der Waals surface area (Å²) >= 11 is 1.13. The number of hydrogen-bond donors (Lipinski definition) is 2. The van der Waals surface area contributed by atoms with Gasteiger partial charge in [-0.2, -0.15) is 0 Å². The first kappa shape index (κ1) is 6.28. The molecule has 0 fully saturated rings. The van der Waals surface area contributed by atoms with Crippen molar-refractivity contribution in [2.24, 2.45) is 4.99 Å². The fraction of sp³-hybridized carbons (Fsp3) is 0.250. The number of nitrogens with zero attached hydrogens (tertiary/aromatic N) is 1. The third kappa shape index (κ3) is 1.29. The zero-order valence-corrected chi connectivity index (χ0v) is 5.23. The molecule has 0 atom stereocenters. The van der Waals surface area contributed by atoms with Crippen LogP contribution in [0.25, 0.3) is 0 Å². The monoisotopic (exact) mass is 144 g/mol. The first-order valence-electron chi connectivity index (χ1n) is 2.22. The van der Waals surface area contributed by atoms with Crippen LogP contribution in [0.15, 0.2) is 4.99 Å². The number of aliphatic carboxylic acids is 1. The number of carbonyl (C=O) groups is 1. The van der Waals surface area contributed by atoms with Crippen LogP contribution in [0.3, 0.4) is 0 Å². The van der Waals surface area contributed by atoms with E-state index in [9.17, 15) is 4.79 Å². The number of carboxylic acids is 1. The van der Waals surface area contributed by atoms with Crippen molar-refractivity contribution in [2.75, 3.05) is 5.75 Å². The maximum absolute atomic E-state index is 10.1. The molecule has 1 heterocycles. The fourth-order valence-corrected chi connectivity index (χ4v) is 1.07. The molecule has 0 bridgehead atoms. The number of nitrogens with one attached hydrogen (secondary N) is 1.